The van der Waals surface area contributed by atoms with E-state index in [1.807, 2.05) is 18.2 Å². The minimum atomic E-state index is 0.809. The molecule has 0 amide bonds. The van der Waals surface area contributed by atoms with Crippen molar-refractivity contribution in [1.82, 2.24) is 0 Å². The smallest absolute Gasteiger partial charge is 0.0977 e. The zero-order valence-corrected chi connectivity index (χ0v) is 12.6. The van der Waals surface area contributed by atoms with Gasteiger partial charge < -0.3 is 5.84 Å². The summed E-state index contributed by atoms with van der Waals surface area (Å²) in [7, 11) is 0. The molecular weight excluding hydrogens is 280 g/mol. The van der Waals surface area contributed by atoms with Gasteiger partial charge in [0.1, 0.15) is 0 Å². The molecule has 0 aromatic carbocycles. The van der Waals surface area contributed by atoms with Crippen LogP contribution >= 0.6 is 0 Å². The fraction of sp³-hybridized carbons (Fsp3) is 0. The minimum Gasteiger partial charge on any atom is -0.323 e. The molecule has 0 atom stereocenters. The van der Waals surface area contributed by atoms with Gasteiger partial charge in [0, 0.05) is 11.1 Å². The zero-order valence-electron chi connectivity index (χ0n) is 12.6. The number of hydrogen-bond donors (Lipinski definition) is 1. The lowest BCUT2D eigenvalue weighted by Crippen LogP contribution is -2.05. The van der Waals surface area contributed by atoms with Crippen molar-refractivity contribution < 1.29 is 0 Å². The highest BCUT2D eigenvalue weighted by molar-refractivity contribution is 6.17. The van der Waals surface area contributed by atoms with Crippen LogP contribution in [-0.2, 0) is 0 Å². The third-order valence-corrected chi connectivity index (χ3v) is 4.22. The topological polar surface area (TPSA) is 38.4 Å². The normalized spacial score (nSPS) is 11.9. The monoisotopic (exact) mass is 296 g/mol. The number of nitrogens with zero attached hydrogens (tertiary/aromatic N) is 1. The second-order valence-electron chi connectivity index (χ2n) is 5.56. The predicted octanol–water partition coefficient (Wildman–Crippen LogP) is 4.61. The first kappa shape index (κ1) is 13.5. The summed E-state index contributed by atoms with van der Waals surface area (Å²) in [4.78, 5) is 0. The summed E-state index contributed by atoms with van der Waals surface area (Å²) < 4.78 is 0. The van der Waals surface area contributed by atoms with Crippen LogP contribution in [0.5, 0.6) is 0 Å². The maximum absolute atomic E-state index is 5.75. The van der Waals surface area contributed by atoms with E-state index in [0.29, 0.717) is 0 Å². The maximum atomic E-state index is 5.75. The van der Waals surface area contributed by atoms with Crippen LogP contribution in [0.3, 0.4) is 0 Å². The highest BCUT2D eigenvalue weighted by atomic mass is 15.1. The molecule has 4 aliphatic carbocycles. The van der Waals surface area contributed by atoms with Crippen LogP contribution in [0, 0.1) is 0 Å². The minimum absolute atomic E-state index is 0.809. The SMILES string of the molecule is N/N=C(\c1ccc2cccc-2cc1)c1ccc2cccccc1-2. The van der Waals surface area contributed by atoms with Crippen molar-refractivity contribution in [2.45, 2.75) is 0 Å². The van der Waals surface area contributed by atoms with Crippen LogP contribution in [-0.4, -0.2) is 5.71 Å². The van der Waals surface area contributed by atoms with Crippen molar-refractivity contribution in [2.24, 2.45) is 10.9 Å². The van der Waals surface area contributed by atoms with E-state index < -0.39 is 0 Å². The van der Waals surface area contributed by atoms with Crippen molar-refractivity contribution in [2.75, 3.05) is 0 Å². The summed E-state index contributed by atoms with van der Waals surface area (Å²) in [6, 6.07) is 29.2. The quantitative estimate of drug-likeness (QED) is 0.327. The van der Waals surface area contributed by atoms with Crippen molar-refractivity contribution in [3.05, 3.63) is 96.1 Å². The van der Waals surface area contributed by atoms with Crippen molar-refractivity contribution >= 4 is 5.71 Å². The molecular formula is C21H16N2. The molecule has 23 heavy (non-hydrogen) atoms. The molecule has 2 heteroatoms. The van der Waals surface area contributed by atoms with Gasteiger partial charge in [0.25, 0.3) is 0 Å². The maximum Gasteiger partial charge on any atom is 0.0977 e. The molecule has 0 saturated carbocycles. The van der Waals surface area contributed by atoms with E-state index in [-0.39, 0.29) is 0 Å². The van der Waals surface area contributed by atoms with Gasteiger partial charge in [-0.15, -0.1) is 0 Å². The number of nitrogens with two attached hydrogens (primary N) is 1. The molecule has 0 unspecified atom stereocenters. The molecule has 0 bridgehead atoms. The molecule has 0 aromatic rings. The first-order valence-corrected chi connectivity index (χ1v) is 7.62. The fourth-order valence-corrected chi connectivity index (χ4v) is 3.04. The van der Waals surface area contributed by atoms with Crippen LogP contribution in [0.1, 0.15) is 11.1 Å². The molecule has 0 aromatic heterocycles. The molecule has 0 saturated heterocycles. The number of hydrazone groups is 1. The number of hydrogen-bond acceptors (Lipinski definition) is 2. The number of rotatable bonds is 2. The number of fused-ring (bicyclic) bond motifs is 2. The first-order valence-electron chi connectivity index (χ1n) is 7.62. The molecule has 0 fully saturated rings. The van der Waals surface area contributed by atoms with Gasteiger partial charge in [-0.1, -0.05) is 84.9 Å². The van der Waals surface area contributed by atoms with E-state index in [4.69, 9.17) is 5.84 Å². The molecule has 4 rings (SSSR count). The Morgan fingerprint density at radius 3 is 2.00 bits per heavy atom. The van der Waals surface area contributed by atoms with Gasteiger partial charge >= 0.3 is 0 Å². The van der Waals surface area contributed by atoms with E-state index in [9.17, 15) is 0 Å². The molecule has 0 spiro atoms. The van der Waals surface area contributed by atoms with E-state index in [1.54, 1.807) is 0 Å². The Bertz CT molecular complexity index is 909. The summed E-state index contributed by atoms with van der Waals surface area (Å²) in [5.74, 6) is 5.75. The third-order valence-electron chi connectivity index (χ3n) is 4.22. The molecule has 0 heterocycles. The van der Waals surface area contributed by atoms with Crippen molar-refractivity contribution in [1.29, 1.82) is 0 Å². The Kier molecular flexibility index (Phi) is 3.28. The average molecular weight is 296 g/mol. The summed E-state index contributed by atoms with van der Waals surface area (Å²) in [6.45, 7) is 0. The highest BCUT2D eigenvalue weighted by Gasteiger charge is 2.15. The molecule has 2 nitrogen and oxygen atoms in total. The Balaban J connectivity index is 1.87. The summed E-state index contributed by atoms with van der Waals surface area (Å²) in [6.07, 6.45) is 0. The summed E-state index contributed by atoms with van der Waals surface area (Å²) in [5, 5.41) is 4.09. The molecule has 4 aliphatic rings. The molecule has 0 radical (unpaired) electrons. The molecule has 110 valence electrons. The average Bonchev–Trinajstić information content (AvgIpc) is 3.04. The second kappa shape index (κ2) is 5.58. The second-order valence-corrected chi connectivity index (χ2v) is 5.56. The Hall–Kier alpha value is -3.13. The van der Waals surface area contributed by atoms with Gasteiger partial charge in [-0.2, -0.15) is 5.10 Å². The lowest BCUT2D eigenvalue weighted by atomic mass is 10.0. The third kappa shape index (κ3) is 2.34. The van der Waals surface area contributed by atoms with Gasteiger partial charge in [0.2, 0.25) is 0 Å². The largest absolute Gasteiger partial charge is 0.323 e. The van der Waals surface area contributed by atoms with E-state index in [0.717, 1.165) is 22.4 Å². The van der Waals surface area contributed by atoms with Gasteiger partial charge in [0.05, 0.1) is 5.71 Å². The standard InChI is InChI=1S/C21H16N2/c22-23-21(18-11-9-15-6-4-7-16(15)10-12-18)20-14-13-17-5-2-1-3-8-19(17)20/h1-14H,22H2/b23-21+. The van der Waals surface area contributed by atoms with Gasteiger partial charge in [-0.25, -0.2) is 0 Å². The molecule has 0 aliphatic heterocycles. The Morgan fingerprint density at radius 1 is 0.609 bits per heavy atom. The van der Waals surface area contributed by atoms with Crippen LogP contribution in [0.2, 0.25) is 0 Å². The van der Waals surface area contributed by atoms with Gasteiger partial charge in [-0.3, -0.25) is 0 Å². The van der Waals surface area contributed by atoms with Gasteiger partial charge in [0.15, 0.2) is 0 Å². The van der Waals surface area contributed by atoms with Crippen LogP contribution < -0.4 is 5.84 Å². The van der Waals surface area contributed by atoms with Crippen molar-refractivity contribution in [3.8, 4) is 22.3 Å². The lowest BCUT2D eigenvalue weighted by molar-refractivity contribution is 1.24. The summed E-state index contributed by atoms with van der Waals surface area (Å²) in [5.41, 5.74) is 7.66. The van der Waals surface area contributed by atoms with E-state index in [2.05, 4.69) is 71.8 Å². The summed E-state index contributed by atoms with van der Waals surface area (Å²) >= 11 is 0. The lowest BCUT2D eigenvalue weighted by Gasteiger charge is -2.05. The molecule has 2 N–H and O–H groups in total. The zero-order chi connectivity index (χ0) is 15.6. The van der Waals surface area contributed by atoms with Crippen LogP contribution in [0.4, 0.5) is 0 Å². The predicted molar refractivity (Wildman–Crippen MR) is 96.0 cm³/mol. The fourth-order valence-electron chi connectivity index (χ4n) is 3.04. The van der Waals surface area contributed by atoms with E-state index >= 15 is 0 Å². The highest BCUT2D eigenvalue weighted by Crippen LogP contribution is 2.29. The Morgan fingerprint density at radius 2 is 1.26 bits per heavy atom. The van der Waals surface area contributed by atoms with Crippen molar-refractivity contribution in [3.63, 3.8) is 0 Å². The first-order chi connectivity index (χ1) is 11.4. The van der Waals surface area contributed by atoms with Gasteiger partial charge in [-0.05, 0) is 22.3 Å². The van der Waals surface area contributed by atoms with Crippen LogP contribution in [0.15, 0.2) is 90.0 Å². The van der Waals surface area contributed by atoms with Crippen LogP contribution in [0.25, 0.3) is 22.3 Å². The van der Waals surface area contributed by atoms with E-state index in [1.165, 1.54) is 16.7 Å². The Labute approximate surface area is 135 Å².